The second-order valence-electron chi connectivity index (χ2n) is 3.19. The summed E-state index contributed by atoms with van der Waals surface area (Å²) in [6, 6.07) is 7.67. The summed E-state index contributed by atoms with van der Waals surface area (Å²) < 4.78 is 1.86. The standard InChI is InChI=1S/C11H10N2O2/c1-13-9-5-3-2-4-8(9)12-10(13)6-7-11(14)15/h2-7H,1H3,(H,14,15)/b7-6+. The van der Waals surface area contributed by atoms with Crippen LogP contribution in [0, 0.1) is 0 Å². The number of carboxylic acids is 1. The van der Waals surface area contributed by atoms with Gasteiger partial charge in [-0.1, -0.05) is 12.1 Å². The van der Waals surface area contributed by atoms with Gasteiger partial charge >= 0.3 is 5.97 Å². The highest BCUT2D eigenvalue weighted by Crippen LogP contribution is 2.14. The molecule has 0 spiro atoms. The molecule has 0 unspecified atom stereocenters. The fraction of sp³-hybridized carbons (Fsp3) is 0.0909. The molecule has 1 aromatic heterocycles. The normalized spacial score (nSPS) is 11.3. The lowest BCUT2D eigenvalue weighted by atomic mass is 10.3. The van der Waals surface area contributed by atoms with Crippen LogP contribution >= 0.6 is 0 Å². The van der Waals surface area contributed by atoms with Gasteiger partial charge in [0.05, 0.1) is 11.0 Å². The van der Waals surface area contributed by atoms with Crippen molar-refractivity contribution < 1.29 is 9.90 Å². The Morgan fingerprint density at radius 1 is 1.47 bits per heavy atom. The van der Waals surface area contributed by atoms with Crippen molar-refractivity contribution >= 4 is 23.1 Å². The summed E-state index contributed by atoms with van der Waals surface area (Å²) in [5.74, 6) is -0.333. The lowest BCUT2D eigenvalue weighted by Crippen LogP contribution is -1.92. The van der Waals surface area contributed by atoms with Crippen LogP contribution in [-0.2, 0) is 11.8 Å². The number of carbonyl (C=O) groups is 1. The number of fused-ring (bicyclic) bond motifs is 1. The summed E-state index contributed by atoms with van der Waals surface area (Å²) in [5, 5.41) is 8.52. The maximum absolute atomic E-state index is 10.4. The van der Waals surface area contributed by atoms with Crippen LogP contribution in [0.1, 0.15) is 5.82 Å². The van der Waals surface area contributed by atoms with Gasteiger partial charge in [0.15, 0.2) is 0 Å². The van der Waals surface area contributed by atoms with Gasteiger partial charge in [-0.2, -0.15) is 0 Å². The molecule has 0 amide bonds. The average Bonchev–Trinajstić information content (AvgIpc) is 2.54. The van der Waals surface area contributed by atoms with Crippen molar-refractivity contribution in [2.45, 2.75) is 0 Å². The number of hydrogen-bond donors (Lipinski definition) is 1. The van der Waals surface area contributed by atoms with Gasteiger partial charge in [-0.05, 0) is 18.2 Å². The molecule has 0 atom stereocenters. The number of imidazole rings is 1. The summed E-state index contributed by atoms with van der Waals surface area (Å²) in [6.07, 6.45) is 2.57. The highest BCUT2D eigenvalue weighted by Gasteiger charge is 2.03. The fourth-order valence-electron chi connectivity index (χ4n) is 1.46. The van der Waals surface area contributed by atoms with Crippen molar-refractivity contribution in [3.05, 3.63) is 36.2 Å². The van der Waals surface area contributed by atoms with E-state index in [1.807, 2.05) is 35.9 Å². The molecule has 2 aromatic rings. The van der Waals surface area contributed by atoms with E-state index in [4.69, 9.17) is 5.11 Å². The predicted molar refractivity (Wildman–Crippen MR) is 57.4 cm³/mol. The van der Waals surface area contributed by atoms with Crippen molar-refractivity contribution in [2.75, 3.05) is 0 Å². The topological polar surface area (TPSA) is 55.1 Å². The van der Waals surface area contributed by atoms with Gasteiger partial charge in [0.2, 0.25) is 0 Å². The van der Waals surface area contributed by atoms with Crippen molar-refractivity contribution in [2.24, 2.45) is 7.05 Å². The minimum atomic E-state index is -0.970. The number of para-hydroxylation sites is 2. The Bertz CT molecular complexity index is 541. The second kappa shape index (κ2) is 3.57. The predicted octanol–water partition coefficient (Wildman–Crippen LogP) is 1.67. The minimum absolute atomic E-state index is 0.638. The van der Waals surface area contributed by atoms with E-state index in [-0.39, 0.29) is 0 Å². The van der Waals surface area contributed by atoms with Gasteiger partial charge in [0.25, 0.3) is 0 Å². The smallest absolute Gasteiger partial charge is 0.328 e. The third kappa shape index (κ3) is 1.74. The molecule has 0 aliphatic heterocycles. The zero-order valence-electron chi connectivity index (χ0n) is 8.21. The van der Waals surface area contributed by atoms with E-state index >= 15 is 0 Å². The van der Waals surface area contributed by atoms with Crippen molar-refractivity contribution in [1.82, 2.24) is 9.55 Å². The highest BCUT2D eigenvalue weighted by atomic mass is 16.4. The third-order valence-corrected chi connectivity index (χ3v) is 2.20. The van der Waals surface area contributed by atoms with Gasteiger partial charge in [-0.15, -0.1) is 0 Å². The first-order valence-corrected chi connectivity index (χ1v) is 4.51. The Kier molecular flexibility index (Phi) is 2.25. The van der Waals surface area contributed by atoms with Gasteiger partial charge in [0.1, 0.15) is 5.82 Å². The van der Waals surface area contributed by atoms with Gasteiger partial charge in [0, 0.05) is 13.1 Å². The minimum Gasteiger partial charge on any atom is -0.478 e. The van der Waals surface area contributed by atoms with Crippen LogP contribution in [0.2, 0.25) is 0 Å². The van der Waals surface area contributed by atoms with Crippen LogP contribution in [0.3, 0.4) is 0 Å². The van der Waals surface area contributed by atoms with E-state index in [1.165, 1.54) is 6.08 Å². The highest BCUT2D eigenvalue weighted by molar-refractivity contribution is 5.86. The summed E-state index contributed by atoms with van der Waals surface area (Å²) >= 11 is 0. The van der Waals surface area contributed by atoms with E-state index < -0.39 is 5.97 Å². The van der Waals surface area contributed by atoms with E-state index in [1.54, 1.807) is 0 Å². The monoisotopic (exact) mass is 202 g/mol. The van der Waals surface area contributed by atoms with Crippen LogP contribution in [0.15, 0.2) is 30.3 Å². The van der Waals surface area contributed by atoms with Crippen LogP contribution in [0.5, 0.6) is 0 Å². The number of carboxylic acid groups (broad SMARTS) is 1. The van der Waals surface area contributed by atoms with Crippen molar-refractivity contribution in [1.29, 1.82) is 0 Å². The summed E-state index contributed by atoms with van der Waals surface area (Å²) in [4.78, 5) is 14.7. The molecule has 1 heterocycles. The number of benzene rings is 1. The van der Waals surface area contributed by atoms with Crippen LogP contribution in [0.4, 0.5) is 0 Å². The van der Waals surface area contributed by atoms with E-state index in [0.717, 1.165) is 17.1 Å². The molecule has 2 rings (SSSR count). The second-order valence-corrected chi connectivity index (χ2v) is 3.19. The molecule has 4 nitrogen and oxygen atoms in total. The molecular weight excluding hydrogens is 192 g/mol. The van der Waals surface area contributed by atoms with Gasteiger partial charge in [-0.25, -0.2) is 9.78 Å². The number of aromatic nitrogens is 2. The molecule has 0 aliphatic carbocycles. The van der Waals surface area contributed by atoms with E-state index in [2.05, 4.69) is 4.98 Å². The molecule has 15 heavy (non-hydrogen) atoms. The van der Waals surface area contributed by atoms with Crippen molar-refractivity contribution in [3.63, 3.8) is 0 Å². The van der Waals surface area contributed by atoms with Gasteiger partial charge in [-0.3, -0.25) is 0 Å². The Hall–Kier alpha value is -2.10. The zero-order valence-corrected chi connectivity index (χ0v) is 8.21. The SMILES string of the molecule is Cn1c(/C=C/C(=O)O)nc2ccccc21. The fourth-order valence-corrected chi connectivity index (χ4v) is 1.46. The largest absolute Gasteiger partial charge is 0.478 e. The molecule has 0 saturated heterocycles. The first kappa shape index (κ1) is 9.45. The lowest BCUT2D eigenvalue weighted by Gasteiger charge is -1.95. The average molecular weight is 202 g/mol. The van der Waals surface area contributed by atoms with E-state index in [9.17, 15) is 4.79 Å². The third-order valence-electron chi connectivity index (χ3n) is 2.20. The molecule has 1 N–H and O–H groups in total. The van der Waals surface area contributed by atoms with Crippen LogP contribution < -0.4 is 0 Å². The molecule has 0 radical (unpaired) electrons. The molecule has 76 valence electrons. The number of hydrogen-bond acceptors (Lipinski definition) is 2. The lowest BCUT2D eigenvalue weighted by molar-refractivity contribution is -0.131. The van der Waals surface area contributed by atoms with E-state index in [0.29, 0.717) is 5.82 Å². The van der Waals surface area contributed by atoms with Crippen LogP contribution in [0.25, 0.3) is 17.1 Å². The number of aliphatic carboxylic acids is 1. The quantitative estimate of drug-likeness (QED) is 0.753. The molecule has 0 saturated carbocycles. The van der Waals surface area contributed by atoms with Crippen molar-refractivity contribution in [3.8, 4) is 0 Å². The molecule has 0 aliphatic rings. The maximum Gasteiger partial charge on any atom is 0.328 e. The number of rotatable bonds is 2. The summed E-state index contributed by atoms with van der Waals surface area (Å²) in [5.41, 5.74) is 1.85. The first-order chi connectivity index (χ1) is 7.18. The zero-order chi connectivity index (χ0) is 10.8. The Morgan fingerprint density at radius 3 is 2.87 bits per heavy atom. The number of nitrogens with zero attached hydrogens (tertiary/aromatic N) is 2. The summed E-state index contributed by atoms with van der Waals surface area (Å²) in [7, 11) is 1.86. The summed E-state index contributed by atoms with van der Waals surface area (Å²) in [6.45, 7) is 0. The Balaban J connectivity index is 2.53. The molecular formula is C11H10N2O2. The number of aryl methyl sites for hydroxylation is 1. The Morgan fingerprint density at radius 2 is 2.20 bits per heavy atom. The van der Waals surface area contributed by atoms with Crippen LogP contribution in [-0.4, -0.2) is 20.6 Å². The van der Waals surface area contributed by atoms with Gasteiger partial charge < -0.3 is 9.67 Å². The first-order valence-electron chi connectivity index (χ1n) is 4.51. The molecule has 0 bridgehead atoms. The maximum atomic E-state index is 10.4. The molecule has 1 aromatic carbocycles. The Labute approximate surface area is 86.5 Å². The molecule has 4 heteroatoms. The molecule has 0 fully saturated rings.